The van der Waals surface area contributed by atoms with Crippen molar-refractivity contribution >= 4 is 21.9 Å². The molecule has 1 saturated carbocycles. The molecule has 1 aliphatic rings. The lowest BCUT2D eigenvalue weighted by atomic mass is 9.86. The van der Waals surface area contributed by atoms with Gasteiger partial charge in [-0.2, -0.15) is 0 Å². The van der Waals surface area contributed by atoms with Crippen LogP contribution >= 0.6 is 15.9 Å². The van der Waals surface area contributed by atoms with Gasteiger partial charge in [0.2, 0.25) is 0 Å². The van der Waals surface area contributed by atoms with Crippen LogP contribution in [-0.2, 0) is 0 Å². The van der Waals surface area contributed by atoms with E-state index >= 15 is 0 Å². The van der Waals surface area contributed by atoms with Crippen molar-refractivity contribution in [2.75, 3.05) is 0 Å². The number of carbonyl (C=O) groups is 1. The highest BCUT2D eigenvalue weighted by atomic mass is 79.9. The van der Waals surface area contributed by atoms with Gasteiger partial charge < -0.3 is 5.11 Å². The largest absolute Gasteiger partial charge is 0.476 e. The van der Waals surface area contributed by atoms with Gasteiger partial charge in [-0.3, -0.25) is 0 Å². The molecular weight excluding hydrogens is 334 g/mol. The van der Waals surface area contributed by atoms with Crippen LogP contribution < -0.4 is 0 Å². The Morgan fingerprint density at radius 1 is 1.19 bits per heavy atom. The standard InChI is InChI=1S/C15H16BrN3O2/c16-11-6-8-12(9-7-11)19-14(10-4-2-1-3-5-10)13(15(20)21)17-18-19/h6-10H,1-5H2,(H,20,21). The third kappa shape index (κ3) is 2.85. The summed E-state index contributed by atoms with van der Waals surface area (Å²) in [5, 5.41) is 17.4. The van der Waals surface area contributed by atoms with Crippen LogP contribution in [0.25, 0.3) is 5.69 Å². The van der Waals surface area contributed by atoms with Gasteiger partial charge in [-0.25, -0.2) is 9.48 Å². The average molecular weight is 350 g/mol. The molecule has 1 fully saturated rings. The Labute approximate surface area is 131 Å². The highest BCUT2D eigenvalue weighted by molar-refractivity contribution is 9.10. The predicted molar refractivity (Wildman–Crippen MR) is 81.8 cm³/mol. The van der Waals surface area contributed by atoms with Gasteiger partial charge in [0.15, 0.2) is 5.69 Å². The van der Waals surface area contributed by atoms with Crippen molar-refractivity contribution in [2.24, 2.45) is 0 Å². The van der Waals surface area contributed by atoms with Crippen LogP contribution in [0, 0.1) is 0 Å². The number of carboxylic acid groups (broad SMARTS) is 1. The zero-order valence-corrected chi connectivity index (χ0v) is 13.1. The molecule has 1 aliphatic carbocycles. The third-order valence-electron chi connectivity index (χ3n) is 3.97. The molecule has 1 N–H and O–H groups in total. The molecule has 1 aromatic carbocycles. The summed E-state index contributed by atoms with van der Waals surface area (Å²) >= 11 is 3.40. The SMILES string of the molecule is O=C(O)c1nnn(-c2ccc(Br)cc2)c1C1CCCCC1. The van der Waals surface area contributed by atoms with Crippen molar-refractivity contribution in [3.05, 3.63) is 40.1 Å². The van der Waals surface area contributed by atoms with Crippen LogP contribution in [0.5, 0.6) is 0 Å². The van der Waals surface area contributed by atoms with E-state index in [0.29, 0.717) is 0 Å². The van der Waals surface area contributed by atoms with Crippen molar-refractivity contribution in [2.45, 2.75) is 38.0 Å². The second-order valence-corrected chi connectivity index (χ2v) is 6.27. The summed E-state index contributed by atoms with van der Waals surface area (Å²) in [6.07, 6.45) is 5.50. The summed E-state index contributed by atoms with van der Waals surface area (Å²) < 4.78 is 2.66. The van der Waals surface area contributed by atoms with Crippen LogP contribution in [0.3, 0.4) is 0 Å². The summed E-state index contributed by atoms with van der Waals surface area (Å²) in [6, 6.07) is 7.66. The summed E-state index contributed by atoms with van der Waals surface area (Å²) in [5.41, 5.74) is 1.67. The van der Waals surface area contributed by atoms with E-state index in [1.54, 1.807) is 4.68 Å². The number of benzene rings is 1. The lowest BCUT2D eigenvalue weighted by Gasteiger charge is -2.22. The van der Waals surface area contributed by atoms with Crippen molar-refractivity contribution in [3.8, 4) is 5.69 Å². The number of hydrogen-bond donors (Lipinski definition) is 1. The first-order valence-electron chi connectivity index (χ1n) is 7.11. The first-order chi connectivity index (χ1) is 10.2. The molecule has 3 rings (SSSR count). The fraction of sp³-hybridized carbons (Fsp3) is 0.400. The molecule has 6 heteroatoms. The molecule has 0 aliphatic heterocycles. The topological polar surface area (TPSA) is 68.0 Å². The zero-order valence-electron chi connectivity index (χ0n) is 11.5. The second kappa shape index (κ2) is 5.97. The Morgan fingerprint density at radius 2 is 1.86 bits per heavy atom. The molecule has 1 heterocycles. The summed E-state index contributed by atoms with van der Waals surface area (Å²) in [6.45, 7) is 0. The quantitative estimate of drug-likeness (QED) is 0.915. The van der Waals surface area contributed by atoms with Gasteiger partial charge in [-0.1, -0.05) is 40.4 Å². The number of halogens is 1. The Kier molecular flexibility index (Phi) is 4.05. The lowest BCUT2D eigenvalue weighted by molar-refractivity contribution is 0.0688. The van der Waals surface area contributed by atoms with Crippen molar-refractivity contribution < 1.29 is 9.90 Å². The number of carboxylic acids is 1. The summed E-state index contributed by atoms with van der Waals surface area (Å²) in [4.78, 5) is 11.4. The molecule has 0 spiro atoms. The van der Waals surface area contributed by atoms with E-state index in [1.165, 1.54) is 6.42 Å². The Hall–Kier alpha value is -1.69. The Balaban J connectivity index is 2.07. The molecule has 0 saturated heterocycles. The molecule has 110 valence electrons. The molecule has 2 aromatic rings. The number of hydrogen-bond acceptors (Lipinski definition) is 3. The number of aromatic nitrogens is 3. The number of rotatable bonds is 3. The van der Waals surface area contributed by atoms with E-state index < -0.39 is 5.97 Å². The summed E-state index contributed by atoms with van der Waals surface area (Å²) in [5.74, 6) is -0.776. The lowest BCUT2D eigenvalue weighted by Crippen LogP contribution is -2.14. The van der Waals surface area contributed by atoms with E-state index in [9.17, 15) is 9.90 Å². The minimum Gasteiger partial charge on any atom is -0.476 e. The first-order valence-corrected chi connectivity index (χ1v) is 7.91. The zero-order chi connectivity index (χ0) is 14.8. The highest BCUT2D eigenvalue weighted by Gasteiger charge is 2.28. The minimum atomic E-state index is -1.00. The highest BCUT2D eigenvalue weighted by Crippen LogP contribution is 2.35. The van der Waals surface area contributed by atoms with Crippen molar-refractivity contribution in [1.29, 1.82) is 0 Å². The smallest absolute Gasteiger partial charge is 0.358 e. The summed E-state index contributed by atoms with van der Waals surface area (Å²) in [7, 11) is 0. The van der Waals surface area contributed by atoms with E-state index in [1.807, 2.05) is 24.3 Å². The molecule has 1 aromatic heterocycles. The average Bonchev–Trinajstić information content (AvgIpc) is 2.94. The van der Waals surface area contributed by atoms with Crippen LogP contribution in [0.1, 0.15) is 54.2 Å². The predicted octanol–water partition coefficient (Wildman–Crippen LogP) is 3.78. The van der Waals surface area contributed by atoms with E-state index in [2.05, 4.69) is 26.2 Å². The van der Waals surface area contributed by atoms with Gasteiger partial charge in [0.1, 0.15) is 0 Å². The van der Waals surface area contributed by atoms with Gasteiger partial charge in [0, 0.05) is 10.4 Å². The Morgan fingerprint density at radius 3 is 2.48 bits per heavy atom. The van der Waals surface area contributed by atoms with Crippen molar-refractivity contribution in [1.82, 2.24) is 15.0 Å². The van der Waals surface area contributed by atoms with E-state index in [0.717, 1.165) is 41.5 Å². The number of nitrogens with zero attached hydrogens (tertiary/aromatic N) is 3. The molecule has 0 unspecified atom stereocenters. The van der Waals surface area contributed by atoms with Gasteiger partial charge in [-0.15, -0.1) is 5.10 Å². The number of aromatic carboxylic acids is 1. The second-order valence-electron chi connectivity index (χ2n) is 5.35. The van der Waals surface area contributed by atoms with Crippen LogP contribution in [0.15, 0.2) is 28.7 Å². The third-order valence-corrected chi connectivity index (χ3v) is 4.50. The maximum atomic E-state index is 11.4. The van der Waals surface area contributed by atoms with Crippen LogP contribution in [0.4, 0.5) is 0 Å². The molecule has 0 amide bonds. The van der Waals surface area contributed by atoms with Crippen LogP contribution in [-0.4, -0.2) is 26.1 Å². The van der Waals surface area contributed by atoms with Crippen molar-refractivity contribution in [3.63, 3.8) is 0 Å². The molecule has 21 heavy (non-hydrogen) atoms. The van der Waals surface area contributed by atoms with Crippen LogP contribution in [0.2, 0.25) is 0 Å². The maximum Gasteiger partial charge on any atom is 0.358 e. The van der Waals surface area contributed by atoms with E-state index in [-0.39, 0.29) is 11.6 Å². The maximum absolute atomic E-state index is 11.4. The fourth-order valence-corrected chi connectivity index (χ4v) is 3.22. The van der Waals surface area contributed by atoms with Gasteiger partial charge in [-0.05, 0) is 37.1 Å². The normalized spacial score (nSPS) is 16.0. The molecule has 5 nitrogen and oxygen atoms in total. The molecular formula is C15H16BrN3O2. The Bertz CT molecular complexity index is 645. The van der Waals surface area contributed by atoms with Gasteiger partial charge >= 0.3 is 5.97 Å². The van der Waals surface area contributed by atoms with E-state index in [4.69, 9.17) is 0 Å². The monoisotopic (exact) mass is 349 g/mol. The molecule has 0 radical (unpaired) electrons. The minimum absolute atomic E-state index is 0.0878. The fourth-order valence-electron chi connectivity index (χ4n) is 2.96. The first kappa shape index (κ1) is 14.3. The molecule has 0 atom stereocenters. The molecule has 0 bridgehead atoms. The van der Waals surface area contributed by atoms with Gasteiger partial charge in [0.25, 0.3) is 0 Å². The van der Waals surface area contributed by atoms with Gasteiger partial charge in [0.05, 0.1) is 11.4 Å².